The topological polar surface area (TPSA) is 22.6 Å². The Morgan fingerprint density at radius 3 is 2.56 bits per heavy atom. The monoisotopic (exact) mass is 266 g/mol. The van der Waals surface area contributed by atoms with Crippen molar-refractivity contribution in [3.8, 4) is 0 Å². The molecule has 0 aliphatic carbocycles. The van der Waals surface area contributed by atoms with E-state index in [1.807, 2.05) is 0 Å². The Morgan fingerprint density at radius 1 is 1.28 bits per heavy atom. The van der Waals surface area contributed by atoms with Crippen LogP contribution in [0.2, 0.25) is 0 Å². The number of hydrogen-bond acceptors (Lipinski definition) is 5. The van der Waals surface area contributed by atoms with Crippen LogP contribution in [0.3, 0.4) is 0 Å². The number of aryl methyl sites for hydroxylation is 1. The van der Waals surface area contributed by atoms with Crippen molar-refractivity contribution >= 4 is 16.5 Å². The van der Waals surface area contributed by atoms with Crippen molar-refractivity contribution in [2.45, 2.75) is 19.9 Å². The maximum Gasteiger partial charge on any atom is 0.185 e. The second-order valence-corrected chi connectivity index (χ2v) is 6.14. The number of likely N-dealkylation sites (N-methyl/N-ethyl adjacent to an activating group) is 1. The SMILES string of the molecule is CCN1CCN(C2CN(c3nc(C)cs3)C2)CC1. The van der Waals surface area contributed by atoms with E-state index in [1.165, 1.54) is 50.9 Å². The van der Waals surface area contributed by atoms with Crippen molar-refractivity contribution in [1.29, 1.82) is 0 Å². The molecular weight excluding hydrogens is 244 g/mol. The molecule has 18 heavy (non-hydrogen) atoms. The van der Waals surface area contributed by atoms with Gasteiger partial charge in [-0.3, -0.25) is 4.90 Å². The van der Waals surface area contributed by atoms with Gasteiger partial charge in [0.1, 0.15) is 0 Å². The first-order valence-corrected chi connectivity index (χ1v) is 7.77. The molecule has 4 nitrogen and oxygen atoms in total. The van der Waals surface area contributed by atoms with Crippen molar-refractivity contribution in [2.75, 3.05) is 50.7 Å². The van der Waals surface area contributed by atoms with Crippen LogP contribution >= 0.6 is 11.3 Å². The first-order valence-electron chi connectivity index (χ1n) is 6.89. The molecule has 3 heterocycles. The van der Waals surface area contributed by atoms with E-state index in [1.54, 1.807) is 11.3 Å². The second kappa shape index (κ2) is 5.15. The zero-order valence-electron chi connectivity index (χ0n) is 11.3. The fourth-order valence-electron chi connectivity index (χ4n) is 2.77. The zero-order chi connectivity index (χ0) is 12.5. The summed E-state index contributed by atoms with van der Waals surface area (Å²) in [5.41, 5.74) is 1.15. The highest BCUT2D eigenvalue weighted by molar-refractivity contribution is 7.13. The Kier molecular flexibility index (Phi) is 3.54. The van der Waals surface area contributed by atoms with E-state index in [0.717, 1.165) is 11.7 Å². The number of hydrogen-bond donors (Lipinski definition) is 0. The zero-order valence-corrected chi connectivity index (χ0v) is 12.1. The van der Waals surface area contributed by atoms with Gasteiger partial charge in [-0.2, -0.15) is 0 Å². The van der Waals surface area contributed by atoms with Gasteiger partial charge in [0.2, 0.25) is 0 Å². The third-order valence-electron chi connectivity index (χ3n) is 4.11. The Bertz CT molecular complexity index is 391. The number of aromatic nitrogens is 1. The molecule has 0 saturated carbocycles. The van der Waals surface area contributed by atoms with Gasteiger partial charge in [0, 0.05) is 50.7 Å². The highest BCUT2D eigenvalue weighted by Crippen LogP contribution is 2.27. The Labute approximate surface area is 113 Å². The van der Waals surface area contributed by atoms with Crippen molar-refractivity contribution in [1.82, 2.24) is 14.8 Å². The summed E-state index contributed by atoms with van der Waals surface area (Å²) in [5.74, 6) is 0. The quantitative estimate of drug-likeness (QED) is 0.822. The van der Waals surface area contributed by atoms with E-state index in [2.05, 4.69) is 38.9 Å². The molecule has 0 aromatic carbocycles. The predicted octanol–water partition coefficient (Wildman–Crippen LogP) is 1.28. The second-order valence-electron chi connectivity index (χ2n) is 5.30. The van der Waals surface area contributed by atoms with E-state index >= 15 is 0 Å². The van der Waals surface area contributed by atoms with Crippen LogP contribution in [-0.4, -0.2) is 66.6 Å². The van der Waals surface area contributed by atoms with Crippen LogP contribution in [0.5, 0.6) is 0 Å². The Morgan fingerprint density at radius 2 is 2.00 bits per heavy atom. The first-order chi connectivity index (χ1) is 8.76. The molecule has 5 heteroatoms. The van der Waals surface area contributed by atoms with Crippen LogP contribution in [0.4, 0.5) is 5.13 Å². The molecule has 0 bridgehead atoms. The molecule has 0 unspecified atom stereocenters. The Hall–Kier alpha value is -0.650. The lowest BCUT2D eigenvalue weighted by atomic mass is 10.1. The molecule has 0 N–H and O–H groups in total. The molecule has 2 aliphatic heterocycles. The molecule has 3 rings (SSSR count). The van der Waals surface area contributed by atoms with Crippen molar-refractivity contribution in [2.24, 2.45) is 0 Å². The number of anilines is 1. The smallest absolute Gasteiger partial charge is 0.185 e. The van der Waals surface area contributed by atoms with Gasteiger partial charge in [-0.25, -0.2) is 4.98 Å². The summed E-state index contributed by atoms with van der Waals surface area (Å²) < 4.78 is 0. The van der Waals surface area contributed by atoms with Gasteiger partial charge in [-0.15, -0.1) is 11.3 Å². The van der Waals surface area contributed by atoms with E-state index in [9.17, 15) is 0 Å². The highest BCUT2D eigenvalue weighted by Gasteiger charge is 2.34. The summed E-state index contributed by atoms with van der Waals surface area (Å²) in [6, 6.07) is 0.758. The maximum atomic E-state index is 4.56. The van der Waals surface area contributed by atoms with Crippen LogP contribution < -0.4 is 4.90 Å². The van der Waals surface area contributed by atoms with E-state index < -0.39 is 0 Å². The van der Waals surface area contributed by atoms with Crippen LogP contribution in [-0.2, 0) is 0 Å². The summed E-state index contributed by atoms with van der Waals surface area (Å²) in [6.07, 6.45) is 0. The average molecular weight is 266 g/mol. The van der Waals surface area contributed by atoms with Gasteiger partial charge in [0.25, 0.3) is 0 Å². The van der Waals surface area contributed by atoms with Gasteiger partial charge in [0.05, 0.1) is 5.69 Å². The lowest BCUT2D eigenvalue weighted by Gasteiger charge is -2.48. The number of thiazole rings is 1. The summed E-state index contributed by atoms with van der Waals surface area (Å²) >= 11 is 1.77. The molecule has 1 aromatic rings. The largest absolute Gasteiger partial charge is 0.345 e. The fraction of sp³-hybridized carbons (Fsp3) is 0.769. The summed E-state index contributed by atoms with van der Waals surface area (Å²) in [6.45, 7) is 12.8. The first kappa shape index (κ1) is 12.4. The predicted molar refractivity (Wildman–Crippen MR) is 76.5 cm³/mol. The number of piperazine rings is 1. The molecule has 2 fully saturated rings. The van der Waals surface area contributed by atoms with Crippen molar-refractivity contribution < 1.29 is 0 Å². The van der Waals surface area contributed by atoms with Gasteiger partial charge < -0.3 is 9.80 Å². The van der Waals surface area contributed by atoms with E-state index in [0.29, 0.717) is 0 Å². The molecule has 0 spiro atoms. The fourth-order valence-corrected chi connectivity index (χ4v) is 3.60. The van der Waals surface area contributed by atoms with E-state index in [4.69, 9.17) is 0 Å². The maximum absolute atomic E-state index is 4.56. The van der Waals surface area contributed by atoms with E-state index in [-0.39, 0.29) is 0 Å². The van der Waals surface area contributed by atoms with Crippen LogP contribution in [0.1, 0.15) is 12.6 Å². The van der Waals surface area contributed by atoms with Gasteiger partial charge in [-0.05, 0) is 13.5 Å². The molecular formula is C13H22N4S. The normalized spacial score (nSPS) is 23.3. The summed E-state index contributed by atoms with van der Waals surface area (Å²) in [5, 5.41) is 3.35. The average Bonchev–Trinajstić information content (AvgIpc) is 2.75. The minimum atomic E-state index is 0.758. The lowest BCUT2D eigenvalue weighted by molar-refractivity contribution is 0.0861. The molecule has 1 aromatic heterocycles. The Balaban J connectivity index is 1.48. The number of nitrogens with zero attached hydrogens (tertiary/aromatic N) is 4. The van der Waals surface area contributed by atoms with Crippen LogP contribution in [0.15, 0.2) is 5.38 Å². The van der Waals surface area contributed by atoms with Crippen molar-refractivity contribution in [3.05, 3.63) is 11.1 Å². The molecule has 2 saturated heterocycles. The van der Waals surface area contributed by atoms with Crippen molar-refractivity contribution in [3.63, 3.8) is 0 Å². The standard InChI is InChI=1S/C13H22N4S/c1-3-15-4-6-16(7-5-15)12-8-17(9-12)13-14-11(2)10-18-13/h10,12H,3-9H2,1-2H3. The number of rotatable bonds is 3. The van der Waals surface area contributed by atoms with Gasteiger partial charge >= 0.3 is 0 Å². The summed E-state index contributed by atoms with van der Waals surface area (Å²) in [7, 11) is 0. The summed E-state index contributed by atoms with van der Waals surface area (Å²) in [4.78, 5) is 12.2. The lowest BCUT2D eigenvalue weighted by Crippen LogP contribution is -2.63. The third kappa shape index (κ3) is 2.39. The third-order valence-corrected chi connectivity index (χ3v) is 5.13. The van der Waals surface area contributed by atoms with Crippen LogP contribution in [0, 0.1) is 6.92 Å². The van der Waals surface area contributed by atoms with Gasteiger partial charge in [-0.1, -0.05) is 6.92 Å². The van der Waals surface area contributed by atoms with Crippen LogP contribution in [0.25, 0.3) is 0 Å². The minimum absolute atomic E-state index is 0.758. The molecule has 0 atom stereocenters. The molecule has 0 radical (unpaired) electrons. The minimum Gasteiger partial charge on any atom is -0.345 e. The molecule has 100 valence electrons. The highest BCUT2D eigenvalue weighted by atomic mass is 32.1. The van der Waals surface area contributed by atoms with Gasteiger partial charge in [0.15, 0.2) is 5.13 Å². The molecule has 0 amide bonds. The molecule has 2 aliphatic rings.